The first-order chi connectivity index (χ1) is 14.6. The summed E-state index contributed by atoms with van der Waals surface area (Å²) in [6.07, 6.45) is 4.89. The molecule has 0 atom stereocenters. The summed E-state index contributed by atoms with van der Waals surface area (Å²) < 4.78 is 32.7. The van der Waals surface area contributed by atoms with E-state index in [4.69, 9.17) is 9.73 Å². The summed E-state index contributed by atoms with van der Waals surface area (Å²) in [5, 5.41) is 6.64. The maximum absolute atomic E-state index is 12.7. The fourth-order valence-electron chi connectivity index (χ4n) is 3.37. The third-order valence-electron chi connectivity index (χ3n) is 5.21. The monoisotopic (exact) mass is 566 g/mol. The number of benzene rings is 1. The normalized spacial score (nSPS) is 16.0. The van der Waals surface area contributed by atoms with Gasteiger partial charge in [-0.2, -0.15) is 4.31 Å². The predicted molar refractivity (Wildman–Crippen MR) is 138 cm³/mol. The Morgan fingerprint density at radius 1 is 1.10 bits per heavy atom. The number of unbranched alkanes of at least 4 members (excludes halogenated alkanes) is 1. The SMILES string of the molecule is CCCCOCCCNC(=NCC1CCN(S(=O)(=O)c2ccccc2)CC1)NCC.I. The standard InChI is InChI=1S/C22H38N4O3S.HI/c1-3-5-17-29-18-9-14-24-22(23-4-2)25-19-20-12-15-26(16-13-20)30(27,28)21-10-7-6-8-11-21;/h6-8,10-11,20H,3-5,9,12-19H2,1-2H3,(H2,23,24,25);1H. The fourth-order valence-corrected chi connectivity index (χ4v) is 4.86. The third-order valence-corrected chi connectivity index (χ3v) is 7.12. The summed E-state index contributed by atoms with van der Waals surface area (Å²) in [7, 11) is -3.39. The second-order valence-corrected chi connectivity index (χ2v) is 9.56. The lowest BCUT2D eigenvalue weighted by atomic mass is 9.98. The molecule has 0 saturated carbocycles. The van der Waals surface area contributed by atoms with Crippen molar-refractivity contribution in [3.05, 3.63) is 30.3 Å². The molecule has 2 rings (SSSR count). The zero-order valence-corrected chi connectivity index (χ0v) is 22.0. The highest BCUT2D eigenvalue weighted by Gasteiger charge is 2.29. The number of ether oxygens (including phenoxy) is 1. The van der Waals surface area contributed by atoms with Gasteiger partial charge < -0.3 is 15.4 Å². The van der Waals surface area contributed by atoms with E-state index >= 15 is 0 Å². The van der Waals surface area contributed by atoms with Crippen LogP contribution in [-0.4, -0.2) is 64.6 Å². The first kappa shape index (κ1) is 28.1. The van der Waals surface area contributed by atoms with E-state index in [9.17, 15) is 8.42 Å². The van der Waals surface area contributed by atoms with Crippen molar-refractivity contribution in [2.75, 3.05) is 45.9 Å². The van der Waals surface area contributed by atoms with Crippen LogP contribution in [0.2, 0.25) is 0 Å². The smallest absolute Gasteiger partial charge is 0.243 e. The van der Waals surface area contributed by atoms with Crippen LogP contribution in [-0.2, 0) is 14.8 Å². The molecule has 0 radical (unpaired) electrons. The molecule has 1 aliphatic rings. The number of halogens is 1. The van der Waals surface area contributed by atoms with Gasteiger partial charge in [-0.05, 0) is 50.7 Å². The fraction of sp³-hybridized carbons (Fsp3) is 0.682. The average molecular weight is 567 g/mol. The van der Waals surface area contributed by atoms with Gasteiger partial charge in [0.05, 0.1) is 4.90 Å². The minimum absolute atomic E-state index is 0. The van der Waals surface area contributed by atoms with E-state index in [1.165, 1.54) is 0 Å². The molecule has 7 nitrogen and oxygen atoms in total. The van der Waals surface area contributed by atoms with Crippen LogP contribution in [0.3, 0.4) is 0 Å². The van der Waals surface area contributed by atoms with E-state index in [1.54, 1.807) is 28.6 Å². The van der Waals surface area contributed by atoms with E-state index in [1.807, 2.05) is 6.07 Å². The maximum atomic E-state index is 12.7. The minimum atomic E-state index is -3.39. The van der Waals surface area contributed by atoms with Gasteiger partial charge in [-0.25, -0.2) is 8.42 Å². The van der Waals surface area contributed by atoms with Crippen molar-refractivity contribution >= 4 is 40.0 Å². The number of nitrogens with one attached hydrogen (secondary N) is 2. The van der Waals surface area contributed by atoms with E-state index in [-0.39, 0.29) is 24.0 Å². The van der Waals surface area contributed by atoms with Crippen molar-refractivity contribution in [1.82, 2.24) is 14.9 Å². The Morgan fingerprint density at radius 2 is 1.77 bits per heavy atom. The Hall–Kier alpha value is -0.910. The van der Waals surface area contributed by atoms with Crippen LogP contribution in [0.15, 0.2) is 40.2 Å². The highest BCUT2D eigenvalue weighted by atomic mass is 127. The average Bonchev–Trinajstić information content (AvgIpc) is 2.77. The van der Waals surface area contributed by atoms with Gasteiger partial charge in [-0.1, -0.05) is 31.5 Å². The summed E-state index contributed by atoms with van der Waals surface area (Å²) in [4.78, 5) is 5.09. The number of sulfonamides is 1. The van der Waals surface area contributed by atoms with Gasteiger partial charge in [0, 0.05) is 45.9 Å². The van der Waals surface area contributed by atoms with Crippen molar-refractivity contribution < 1.29 is 13.2 Å². The van der Waals surface area contributed by atoms with Crippen molar-refractivity contribution in [3.8, 4) is 0 Å². The lowest BCUT2D eigenvalue weighted by Crippen LogP contribution is -2.40. The van der Waals surface area contributed by atoms with Gasteiger partial charge in [0.1, 0.15) is 0 Å². The zero-order chi connectivity index (χ0) is 21.7. The molecule has 178 valence electrons. The third kappa shape index (κ3) is 10.0. The van der Waals surface area contributed by atoms with Crippen LogP contribution in [0.5, 0.6) is 0 Å². The number of hydrogen-bond donors (Lipinski definition) is 2. The van der Waals surface area contributed by atoms with E-state index in [2.05, 4.69) is 24.5 Å². The van der Waals surface area contributed by atoms with Crippen molar-refractivity contribution in [1.29, 1.82) is 0 Å². The number of aliphatic imine (C=N–C) groups is 1. The zero-order valence-electron chi connectivity index (χ0n) is 18.9. The van der Waals surface area contributed by atoms with Gasteiger partial charge in [0.2, 0.25) is 10.0 Å². The molecule has 1 saturated heterocycles. The molecule has 0 bridgehead atoms. The van der Waals surface area contributed by atoms with Crippen LogP contribution in [0, 0.1) is 5.92 Å². The van der Waals surface area contributed by atoms with Crippen LogP contribution in [0.1, 0.15) is 46.0 Å². The van der Waals surface area contributed by atoms with Gasteiger partial charge in [0.15, 0.2) is 5.96 Å². The van der Waals surface area contributed by atoms with Crippen molar-refractivity contribution in [2.24, 2.45) is 10.9 Å². The Balaban J connectivity index is 0.00000480. The van der Waals surface area contributed by atoms with E-state index < -0.39 is 10.0 Å². The summed E-state index contributed by atoms with van der Waals surface area (Å²) >= 11 is 0. The molecule has 31 heavy (non-hydrogen) atoms. The lowest BCUT2D eigenvalue weighted by Gasteiger charge is -2.30. The van der Waals surface area contributed by atoms with Gasteiger partial charge in [-0.15, -0.1) is 24.0 Å². The highest BCUT2D eigenvalue weighted by molar-refractivity contribution is 14.0. The number of piperidine rings is 1. The second-order valence-electron chi connectivity index (χ2n) is 7.63. The molecule has 1 heterocycles. The molecule has 1 aromatic carbocycles. The summed E-state index contributed by atoms with van der Waals surface area (Å²) in [6.45, 7) is 9.27. The number of guanidine groups is 1. The Kier molecular flexibility index (Phi) is 14.4. The van der Waals surface area contributed by atoms with Crippen LogP contribution in [0.25, 0.3) is 0 Å². The van der Waals surface area contributed by atoms with Crippen LogP contribution < -0.4 is 10.6 Å². The molecule has 0 spiro atoms. The lowest BCUT2D eigenvalue weighted by molar-refractivity contribution is 0.129. The first-order valence-electron chi connectivity index (χ1n) is 11.2. The largest absolute Gasteiger partial charge is 0.381 e. The molecule has 2 N–H and O–H groups in total. The van der Waals surface area contributed by atoms with Gasteiger partial charge in [0.25, 0.3) is 0 Å². The summed E-state index contributed by atoms with van der Waals surface area (Å²) in [6, 6.07) is 8.68. The highest BCUT2D eigenvalue weighted by Crippen LogP contribution is 2.23. The number of rotatable bonds is 12. The molecule has 0 aromatic heterocycles. The summed E-state index contributed by atoms with van der Waals surface area (Å²) in [5.41, 5.74) is 0. The first-order valence-corrected chi connectivity index (χ1v) is 12.7. The van der Waals surface area contributed by atoms with Gasteiger partial charge in [-0.3, -0.25) is 4.99 Å². The summed E-state index contributed by atoms with van der Waals surface area (Å²) in [5.74, 6) is 1.23. The predicted octanol–water partition coefficient (Wildman–Crippen LogP) is 3.47. The van der Waals surface area contributed by atoms with Crippen molar-refractivity contribution in [2.45, 2.75) is 50.8 Å². The van der Waals surface area contributed by atoms with Crippen LogP contribution >= 0.6 is 24.0 Å². The Labute approximate surface area is 205 Å². The molecular weight excluding hydrogens is 527 g/mol. The van der Waals surface area contributed by atoms with E-state index in [0.717, 1.165) is 64.4 Å². The molecule has 0 unspecified atom stereocenters. The number of nitrogens with zero attached hydrogens (tertiary/aromatic N) is 2. The minimum Gasteiger partial charge on any atom is -0.381 e. The molecule has 0 aliphatic carbocycles. The van der Waals surface area contributed by atoms with Gasteiger partial charge >= 0.3 is 0 Å². The molecule has 1 fully saturated rings. The second kappa shape index (κ2) is 15.8. The van der Waals surface area contributed by atoms with E-state index in [0.29, 0.717) is 30.4 Å². The molecule has 1 aromatic rings. The van der Waals surface area contributed by atoms with Crippen molar-refractivity contribution in [3.63, 3.8) is 0 Å². The quantitative estimate of drug-likeness (QED) is 0.175. The molecular formula is C22H39IN4O3S. The molecule has 9 heteroatoms. The maximum Gasteiger partial charge on any atom is 0.243 e. The molecule has 1 aliphatic heterocycles. The van der Waals surface area contributed by atoms with Crippen LogP contribution in [0.4, 0.5) is 0 Å². The Morgan fingerprint density at radius 3 is 2.42 bits per heavy atom. The topological polar surface area (TPSA) is 83.0 Å². The molecule has 0 amide bonds. The Bertz CT molecular complexity index is 724. The number of hydrogen-bond acceptors (Lipinski definition) is 4.